The first-order chi connectivity index (χ1) is 18.6. The lowest BCUT2D eigenvalue weighted by Crippen LogP contribution is -2.55. The highest BCUT2D eigenvalue weighted by Gasteiger charge is 2.44. The zero-order valence-corrected chi connectivity index (χ0v) is 23.6. The molecule has 0 unspecified atom stereocenters. The summed E-state index contributed by atoms with van der Waals surface area (Å²) in [5.41, 5.74) is 9.12. The molecule has 0 radical (unpaired) electrons. The predicted molar refractivity (Wildman–Crippen MR) is 151 cm³/mol. The van der Waals surface area contributed by atoms with E-state index < -0.39 is 17.2 Å². The molecule has 3 atom stereocenters. The minimum atomic E-state index is -0.465. The van der Waals surface area contributed by atoms with Crippen LogP contribution in [-0.2, 0) is 16.0 Å². The standard InChI is InChI=1S/C31H40N4O4/c1-6-31(7-2)18-26(36)35(29(32)34-31)27-22-16-20(13-12-19(22)14-15-25(27)38-5)28(37)33-23-17-30(3,4)39-24-11-9-8-10-21(23)24/h8-13,16,23,25,27H,6-7,14-15,17-18H2,1-5H3,(H2,32,34)(H,33,37)/t23-,25-,27-/m0/s1. The summed E-state index contributed by atoms with van der Waals surface area (Å²) in [5.74, 6) is 0.796. The van der Waals surface area contributed by atoms with Gasteiger partial charge < -0.3 is 20.5 Å². The van der Waals surface area contributed by atoms with Crippen molar-refractivity contribution in [2.75, 3.05) is 7.11 Å². The highest BCUT2D eigenvalue weighted by atomic mass is 16.5. The second kappa shape index (κ2) is 10.3. The molecule has 208 valence electrons. The zero-order chi connectivity index (χ0) is 27.9. The maximum atomic E-state index is 13.6. The molecular weight excluding hydrogens is 492 g/mol. The van der Waals surface area contributed by atoms with E-state index in [1.54, 1.807) is 12.0 Å². The number of methoxy groups -OCH3 is 1. The van der Waals surface area contributed by atoms with Crippen molar-refractivity contribution in [3.8, 4) is 5.75 Å². The molecule has 0 saturated carbocycles. The van der Waals surface area contributed by atoms with E-state index in [0.717, 1.165) is 48.1 Å². The normalized spacial score (nSPS) is 25.2. The Balaban J connectivity index is 1.48. The monoisotopic (exact) mass is 532 g/mol. The van der Waals surface area contributed by atoms with E-state index in [0.29, 0.717) is 18.4 Å². The minimum Gasteiger partial charge on any atom is -0.487 e. The van der Waals surface area contributed by atoms with Gasteiger partial charge in [-0.2, -0.15) is 0 Å². The average Bonchev–Trinajstić information content (AvgIpc) is 2.91. The van der Waals surface area contributed by atoms with Crippen LogP contribution < -0.4 is 15.8 Å². The molecule has 3 N–H and O–H groups in total. The first kappa shape index (κ1) is 27.2. The van der Waals surface area contributed by atoms with E-state index in [1.807, 2.05) is 70.2 Å². The third-order valence-electron chi connectivity index (χ3n) is 8.70. The molecule has 0 spiro atoms. The highest BCUT2D eigenvalue weighted by Crippen LogP contribution is 2.42. The van der Waals surface area contributed by atoms with Crippen LogP contribution in [0.5, 0.6) is 5.75 Å². The fourth-order valence-corrected chi connectivity index (χ4v) is 6.41. The molecule has 2 aromatic carbocycles. The molecule has 8 nitrogen and oxygen atoms in total. The number of carbonyl (C=O) groups is 2. The van der Waals surface area contributed by atoms with Gasteiger partial charge in [0.05, 0.1) is 30.1 Å². The van der Waals surface area contributed by atoms with Crippen LogP contribution in [0.3, 0.4) is 0 Å². The third kappa shape index (κ3) is 5.02. The number of amides is 2. The molecule has 0 bridgehead atoms. The van der Waals surface area contributed by atoms with Crippen LogP contribution in [0.1, 0.15) is 98.9 Å². The fraction of sp³-hybridized carbons (Fsp3) is 0.516. The molecule has 0 fully saturated rings. The highest BCUT2D eigenvalue weighted by molar-refractivity contribution is 6.00. The summed E-state index contributed by atoms with van der Waals surface area (Å²) in [6.45, 7) is 8.15. The van der Waals surface area contributed by atoms with Gasteiger partial charge in [0.1, 0.15) is 11.4 Å². The predicted octanol–water partition coefficient (Wildman–Crippen LogP) is 4.83. The summed E-state index contributed by atoms with van der Waals surface area (Å²) < 4.78 is 12.0. The second-order valence-corrected chi connectivity index (χ2v) is 11.6. The van der Waals surface area contributed by atoms with Crippen molar-refractivity contribution in [2.24, 2.45) is 10.7 Å². The third-order valence-corrected chi connectivity index (χ3v) is 8.70. The molecule has 0 aromatic heterocycles. The fourth-order valence-electron chi connectivity index (χ4n) is 6.41. The number of aryl methyl sites for hydroxylation is 1. The first-order valence-electron chi connectivity index (χ1n) is 14.0. The number of nitrogens with one attached hydrogen (secondary N) is 1. The molecule has 1 aliphatic carbocycles. The van der Waals surface area contributed by atoms with Crippen molar-refractivity contribution >= 4 is 17.8 Å². The Labute approximate surface area is 230 Å². The Kier molecular flexibility index (Phi) is 7.18. The van der Waals surface area contributed by atoms with E-state index >= 15 is 0 Å². The van der Waals surface area contributed by atoms with Gasteiger partial charge in [-0.15, -0.1) is 0 Å². The largest absolute Gasteiger partial charge is 0.487 e. The van der Waals surface area contributed by atoms with Crippen LogP contribution in [0, 0.1) is 0 Å². The lowest BCUT2D eigenvalue weighted by molar-refractivity contribution is -0.134. The van der Waals surface area contributed by atoms with Crippen molar-refractivity contribution in [3.63, 3.8) is 0 Å². The van der Waals surface area contributed by atoms with E-state index in [9.17, 15) is 9.59 Å². The number of guanidine groups is 1. The average molecular weight is 533 g/mol. The number of hydrogen-bond acceptors (Lipinski definition) is 6. The van der Waals surface area contributed by atoms with Gasteiger partial charge in [0.25, 0.3) is 5.91 Å². The molecule has 2 aliphatic heterocycles. The van der Waals surface area contributed by atoms with Gasteiger partial charge in [-0.05, 0) is 68.9 Å². The molecule has 3 aliphatic rings. The van der Waals surface area contributed by atoms with Crippen LogP contribution in [-0.4, -0.2) is 47.0 Å². The zero-order valence-electron chi connectivity index (χ0n) is 23.6. The van der Waals surface area contributed by atoms with Crippen LogP contribution in [0.2, 0.25) is 0 Å². The van der Waals surface area contributed by atoms with Crippen molar-refractivity contribution in [1.82, 2.24) is 10.2 Å². The Hall–Kier alpha value is -3.39. The molecular formula is C31H40N4O4. The number of para-hydroxylation sites is 1. The number of benzene rings is 2. The number of nitrogens with zero attached hydrogens (tertiary/aromatic N) is 2. The number of rotatable bonds is 6. The van der Waals surface area contributed by atoms with Crippen LogP contribution in [0.4, 0.5) is 0 Å². The molecule has 2 heterocycles. The SMILES string of the molecule is CCC1(CC)CC(=O)N([C@H]2c3cc(C(=O)N[C@H]4CC(C)(C)Oc5ccccc54)ccc3CC[C@@H]2OC)C(N)=N1. The van der Waals surface area contributed by atoms with Crippen molar-refractivity contribution < 1.29 is 19.1 Å². The number of aliphatic imine (C=N–C) groups is 1. The molecule has 8 heteroatoms. The molecule has 5 rings (SSSR count). The molecule has 2 aromatic rings. The van der Waals surface area contributed by atoms with Gasteiger partial charge in [0.2, 0.25) is 5.91 Å². The Morgan fingerprint density at radius 2 is 1.92 bits per heavy atom. The van der Waals surface area contributed by atoms with Crippen LogP contribution in [0.15, 0.2) is 47.5 Å². The summed E-state index contributed by atoms with van der Waals surface area (Å²) in [7, 11) is 1.66. The summed E-state index contributed by atoms with van der Waals surface area (Å²) >= 11 is 0. The topological polar surface area (TPSA) is 106 Å². The van der Waals surface area contributed by atoms with Gasteiger partial charge in [-0.1, -0.05) is 38.1 Å². The maximum absolute atomic E-state index is 13.6. The second-order valence-electron chi connectivity index (χ2n) is 11.6. The first-order valence-corrected chi connectivity index (χ1v) is 14.0. The lowest BCUT2D eigenvalue weighted by atomic mass is 9.81. The van der Waals surface area contributed by atoms with Crippen molar-refractivity contribution in [3.05, 3.63) is 64.7 Å². The number of hydrogen-bond donors (Lipinski definition) is 2. The molecule has 0 saturated heterocycles. The van der Waals surface area contributed by atoms with E-state index in [1.165, 1.54) is 0 Å². The Morgan fingerprint density at radius 3 is 2.62 bits per heavy atom. The number of fused-ring (bicyclic) bond motifs is 2. The number of ether oxygens (including phenoxy) is 2. The number of carbonyl (C=O) groups excluding carboxylic acids is 2. The minimum absolute atomic E-state index is 0.0537. The van der Waals surface area contributed by atoms with Gasteiger partial charge in [0, 0.05) is 24.7 Å². The van der Waals surface area contributed by atoms with E-state index in [2.05, 4.69) is 5.32 Å². The quantitative estimate of drug-likeness (QED) is 0.555. The maximum Gasteiger partial charge on any atom is 0.251 e. The molecule has 2 amide bonds. The summed E-state index contributed by atoms with van der Waals surface area (Å²) in [5, 5.41) is 3.24. The van der Waals surface area contributed by atoms with E-state index in [4.69, 9.17) is 20.2 Å². The Morgan fingerprint density at radius 1 is 1.18 bits per heavy atom. The lowest BCUT2D eigenvalue weighted by Gasteiger charge is -2.44. The molecule has 39 heavy (non-hydrogen) atoms. The van der Waals surface area contributed by atoms with Gasteiger partial charge >= 0.3 is 0 Å². The van der Waals surface area contributed by atoms with E-state index in [-0.39, 0.29) is 29.9 Å². The van der Waals surface area contributed by atoms with Gasteiger partial charge in [-0.3, -0.25) is 14.5 Å². The smallest absolute Gasteiger partial charge is 0.251 e. The van der Waals surface area contributed by atoms with Crippen molar-refractivity contribution in [1.29, 1.82) is 0 Å². The van der Waals surface area contributed by atoms with Gasteiger partial charge in [0.15, 0.2) is 5.96 Å². The van der Waals surface area contributed by atoms with Crippen LogP contribution >= 0.6 is 0 Å². The van der Waals surface area contributed by atoms with Crippen molar-refractivity contribution in [2.45, 2.75) is 95.5 Å². The van der Waals surface area contributed by atoms with Gasteiger partial charge in [-0.25, -0.2) is 4.99 Å². The summed E-state index contributed by atoms with van der Waals surface area (Å²) in [6, 6.07) is 13.0. The van der Waals surface area contributed by atoms with Crippen LogP contribution in [0.25, 0.3) is 0 Å². The summed E-state index contributed by atoms with van der Waals surface area (Å²) in [4.78, 5) is 33.6. The Bertz CT molecular complexity index is 1300. The summed E-state index contributed by atoms with van der Waals surface area (Å²) in [6.07, 6.45) is 3.73. The number of nitrogens with two attached hydrogens (primary N) is 1.